The summed E-state index contributed by atoms with van der Waals surface area (Å²) in [5.41, 5.74) is 3.20. The van der Waals surface area contributed by atoms with Crippen molar-refractivity contribution in [3.05, 3.63) is 30.5 Å². The molecular formula is C20H22N4O4. The van der Waals surface area contributed by atoms with E-state index in [1.807, 2.05) is 31.2 Å². The van der Waals surface area contributed by atoms with Gasteiger partial charge in [0.1, 0.15) is 6.10 Å². The molecule has 8 nitrogen and oxygen atoms in total. The van der Waals surface area contributed by atoms with Crippen molar-refractivity contribution in [3.63, 3.8) is 0 Å². The number of hydrogen-bond acceptors (Lipinski definition) is 6. The number of fused-ring (bicyclic) bond motifs is 1. The second kappa shape index (κ2) is 7.38. The first-order chi connectivity index (χ1) is 13.6. The summed E-state index contributed by atoms with van der Waals surface area (Å²) >= 11 is 0. The summed E-state index contributed by atoms with van der Waals surface area (Å²) < 4.78 is 16.6. The lowest BCUT2D eigenvalue weighted by Gasteiger charge is -2.17. The second-order valence-corrected chi connectivity index (χ2v) is 6.79. The third kappa shape index (κ3) is 3.45. The third-order valence-corrected chi connectivity index (χ3v) is 5.00. The number of H-pyrrole nitrogens is 1. The Hall–Kier alpha value is -3.29. The van der Waals surface area contributed by atoms with E-state index in [1.165, 1.54) is 0 Å². The van der Waals surface area contributed by atoms with Crippen LogP contribution >= 0.6 is 0 Å². The summed E-state index contributed by atoms with van der Waals surface area (Å²) in [6.07, 6.45) is 2.08. The maximum atomic E-state index is 11.4. The lowest BCUT2D eigenvalue weighted by Crippen LogP contribution is -2.26. The fourth-order valence-electron chi connectivity index (χ4n) is 3.33. The van der Waals surface area contributed by atoms with Gasteiger partial charge in [-0.3, -0.25) is 9.78 Å². The molecule has 1 aromatic carbocycles. The van der Waals surface area contributed by atoms with Gasteiger partial charge in [0.25, 0.3) is 6.01 Å². The number of hydrogen-bond donors (Lipinski definition) is 2. The number of pyridine rings is 1. The Morgan fingerprint density at radius 3 is 2.71 bits per heavy atom. The highest BCUT2D eigenvalue weighted by atomic mass is 16.5. The number of imidazole rings is 1. The van der Waals surface area contributed by atoms with Crippen molar-refractivity contribution in [1.82, 2.24) is 20.3 Å². The van der Waals surface area contributed by atoms with E-state index in [1.54, 1.807) is 20.4 Å². The van der Waals surface area contributed by atoms with Crippen LogP contribution in [0.15, 0.2) is 30.5 Å². The number of nitrogens with one attached hydrogen (secondary N) is 2. The average Bonchev–Trinajstić information content (AvgIpc) is 3.32. The van der Waals surface area contributed by atoms with Gasteiger partial charge in [-0.2, -0.15) is 4.98 Å². The summed E-state index contributed by atoms with van der Waals surface area (Å²) in [6, 6.07) is 7.96. The van der Waals surface area contributed by atoms with Crippen LogP contribution in [-0.4, -0.2) is 47.7 Å². The second-order valence-electron chi connectivity index (χ2n) is 6.79. The Labute approximate surface area is 162 Å². The first-order valence-electron chi connectivity index (χ1n) is 9.09. The third-order valence-electron chi connectivity index (χ3n) is 5.00. The molecule has 0 radical (unpaired) electrons. The van der Waals surface area contributed by atoms with Gasteiger partial charge in [0.2, 0.25) is 5.91 Å². The molecule has 1 aliphatic rings. The van der Waals surface area contributed by atoms with E-state index in [2.05, 4.69) is 20.3 Å². The van der Waals surface area contributed by atoms with Crippen molar-refractivity contribution in [1.29, 1.82) is 0 Å². The highest BCUT2D eigenvalue weighted by Gasteiger charge is 2.28. The van der Waals surface area contributed by atoms with Gasteiger partial charge in [-0.1, -0.05) is 0 Å². The van der Waals surface area contributed by atoms with Crippen molar-refractivity contribution in [2.45, 2.75) is 19.4 Å². The van der Waals surface area contributed by atoms with Crippen LogP contribution in [0.5, 0.6) is 17.5 Å². The van der Waals surface area contributed by atoms with E-state index in [-0.39, 0.29) is 17.9 Å². The predicted octanol–water partition coefficient (Wildman–Crippen LogP) is 2.55. The number of aromatic amines is 1. The number of carbonyl (C=O) groups excluding carboxylic acids is 1. The lowest BCUT2D eigenvalue weighted by molar-refractivity contribution is -0.119. The minimum absolute atomic E-state index is 0.0637. The van der Waals surface area contributed by atoms with E-state index in [9.17, 15) is 4.79 Å². The SMILES string of the molecule is COc1ccc(-c2cc3nc(O[C@H](C)[C@H]4CNC(=O)C4)[nH]c3cn2)cc1OC. The molecule has 2 aromatic heterocycles. The van der Waals surface area contributed by atoms with Crippen LogP contribution < -0.4 is 19.5 Å². The topological polar surface area (TPSA) is 98.4 Å². The van der Waals surface area contributed by atoms with Crippen LogP contribution in [0, 0.1) is 5.92 Å². The number of rotatable bonds is 6. The molecule has 8 heteroatoms. The fraction of sp³-hybridized carbons (Fsp3) is 0.350. The van der Waals surface area contributed by atoms with Gasteiger partial charge in [0.15, 0.2) is 11.5 Å². The van der Waals surface area contributed by atoms with Crippen LogP contribution in [-0.2, 0) is 4.79 Å². The summed E-state index contributed by atoms with van der Waals surface area (Å²) in [5, 5.41) is 2.83. The molecule has 3 heterocycles. The number of nitrogens with zero attached hydrogens (tertiary/aromatic N) is 2. The zero-order valence-electron chi connectivity index (χ0n) is 16.0. The molecule has 0 unspecified atom stereocenters. The quantitative estimate of drug-likeness (QED) is 0.680. The Morgan fingerprint density at radius 1 is 1.18 bits per heavy atom. The first-order valence-corrected chi connectivity index (χ1v) is 9.09. The molecule has 28 heavy (non-hydrogen) atoms. The van der Waals surface area contributed by atoms with Crippen LogP contribution in [0.4, 0.5) is 0 Å². The number of carbonyl (C=O) groups is 1. The smallest absolute Gasteiger partial charge is 0.294 e. The summed E-state index contributed by atoms with van der Waals surface area (Å²) in [4.78, 5) is 23.6. The number of ether oxygens (including phenoxy) is 3. The molecule has 1 saturated heterocycles. The molecular weight excluding hydrogens is 360 g/mol. The fourth-order valence-corrected chi connectivity index (χ4v) is 3.33. The van der Waals surface area contributed by atoms with Crippen molar-refractivity contribution in [2.24, 2.45) is 5.92 Å². The van der Waals surface area contributed by atoms with Crippen LogP contribution in [0.25, 0.3) is 22.3 Å². The lowest BCUT2D eigenvalue weighted by atomic mass is 10.0. The van der Waals surface area contributed by atoms with Gasteiger partial charge in [0, 0.05) is 24.4 Å². The van der Waals surface area contributed by atoms with E-state index < -0.39 is 0 Å². The van der Waals surface area contributed by atoms with Gasteiger partial charge in [-0.25, -0.2) is 0 Å². The predicted molar refractivity (Wildman–Crippen MR) is 104 cm³/mol. The number of benzene rings is 1. The number of aromatic nitrogens is 3. The highest BCUT2D eigenvalue weighted by molar-refractivity contribution is 5.80. The minimum atomic E-state index is -0.127. The maximum Gasteiger partial charge on any atom is 0.294 e. The van der Waals surface area contributed by atoms with Crippen molar-refractivity contribution < 1.29 is 19.0 Å². The van der Waals surface area contributed by atoms with Gasteiger partial charge in [0.05, 0.1) is 37.1 Å². The van der Waals surface area contributed by atoms with Crippen molar-refractivity contribution in [3.8, 4) is 28.8 Å². The van der Waals surface area contributed by atoms with Crippen LogP contribution in [0.1, 0.15) is 13.3 Å². The monoisotopic (exact) mass is 382 g/mol. The van der Waals surface area contributed by atoms with Gasteiger partial charge in [-0.15, -0.1) is 0 Å². The van der Waals surface area contributed by atoms with E-state index >= 15 is 0 Å². The molecule has 146 valence electrons. The van der Waals surface area contributed by atoms with E-state index in [4.69, 9.17) is 14.2 Å². The molecule has 0 saturated carbocycles. The zero-order valence-corrected chi connectivity index (χ0v) is 16.0. The zero-order chi connectivity index (χ0) is 19.7. The highest BCUT2D eigenvalue weighted by Crippen LogP contribution is 2.32. The summed E-state index contributed by atoms with van der Waals surface area (Å²) in [5.74, 6) is 1.51. The summed E-state index contributed by atoms with van der Waals surface area (Å²) in [7, 11) is 3.20. The van der Waals surface area contributed by atoms with Crippen LogP contribution in [0.2, 0.25) is 0 Å². The Morgan fingerprint density at radius 2 is 2.00 bits per heavy atom. The summed E-state index contributed by atoms with van der Waals surface area (Å²) in [6.45, 7) is 2.58. The van der Waals surface area contributed by atoms with E-state index in [0.717, 1.165) is 22.3 Å². The molecule has 1 fully saturated rings. The molecule has 1 amide bonds. The standard InChI is InChI=1S/C20H22N4O4/c1-11(13-7-19(25)22-9-13)28-20-23-15-8-14(21-10-16(15)24-20)12-4-5-17(26-2)18(6-12)27-3/h4-6,8,10-11,13H,7,9H2,1-3H3,(H,22,25)(H,23,24)/t11-,13-/m1/s1. The Kier molecular flexibility index (Phi) is 4.77. The molecule has 4 rings (SSSR count). The van der Waals surface area contributed by atoms with Gasteiger partial charge >= 0.3 is 0 Å². The molecule has 0 spiro atoms. The van der Waals surface area contributed by atoms with Crippen LogP contribution in [0.3, 0.4) is 0 Å². The van der Waals surface area contributed by atoms with E-state index in [0.29, 0.717) is 30.5 Å². The molecule has 0 bridgehead atoms. The molecule has 2 N–H and O–H groups in total. The Bertz CT molecular complexity index is 1020. The molecule has 3 aromatic rings. The Balaban J connectivity index is 1.57. The molecule has 0 aliphatic carbocycles. The normalized spacial score (nSPS) is 17.4. The van der Waals surface area contributed by atoms with Crippen molar-refractivity contribution >= 4 is 16.9 Å². The molecule has 1 aliphatic heterocycles. The molecule has 2 atom stereocenters. The first kappa shape index (κ1) is 18.1. The average molecular weight is 382 g/mol. The van der Waals surface area contributed by atoms with Gasteiger partial charge < -0.3 is 24.5 Å². The maximum absolute atomic E-state index is 11.4. The van der Waals surface area contributed by atoms with Crippen molar-refractivity contribution in [2.75, 3.05) is 20.8 Å². The number of methoxy groups -OCH3 is 2. The minimum Gasteiger partial charge on any atom is -0.493 e. The number of amides is 1. The van der Waals surface area contributed by atoms with Gasteiger partial charge in [-0.05, 0) is 31.2 Å². The largest absolute Gasteiger partial charge is 0.493 e.